The lowest BCUT2D eigenvalue weighted by molar-refractivity contribution is -0.129. The summed E-state index contributed by atoms with van der Waals surface area (Å²) in [6.45, 7) is 0.0560. The molecule has 1 heterocycles. The molecule has 0 amide bonds. The number of aliphatic hydroxyl groups is 1. The van der Waals surface area contributed by atoms with E-state index in [4.69, 9.17) is 17.3 Å². The Morgan fingerprint density at radius 2 is 2.50 bits per heavy atom. The van der Waals surface area contributed by atoms with Crippen LogP contribution in [0.1, 0.15) is 19.3 Å². The maximum absolute atomic E-state index is 11.2. The molecule has 4 atom stereocenters. The van der Waals surface area contributed by atoms with Gasteiger partial charge in [-0.25, -0.2) is 0 Å². The minimum atomic E-state index is -0.551. The molecule has 4 nitrogen and oxygen atoms in total. The van der Waals surface area contributed by atoms with Crippen LogP contribution >= 0.6 is 11.8 Å². The summed E-state index contributed by atoms with van der Waals surface area (Å²) in [5.74, 6) is 0. The molecular formula is C10H15BO4S. The van der Waals surface area contributed by atoms with Gasteiger partial charge < -0.3 is 14.6 Å². The van der Waals surface area contributed by atoms with E-state index in [0.29, 0.717) is 19.3 Å². The molecule has 0 aromatic rings. The van der Waals surface area contributed by atoms with Crippen LogP contribution in [0, 0.1) is 0 Å². The van der Waals surface area contributed by atoms with E-state index in [-0.39, 0.29) is 17.8 Å². The topological polar surface area (TPSA) is 55.8 Å². The van der Waals surface area contributed by atoms with Gasteiger partial charge in [-0.05, 0) is 25.5 Å². The lowest BCUT2D eigenvalue weighted by Crippen LogP contribution is -2.41. The molecule has 88 valence electrons. The van der Waals surface area contributed by atoms with Crippen molar-refractivity contribution in [3.63, 3.8) is 0 Å². The molecule has 4 unspecified atom stereocenters. The molecule has 1 aliphatic heterocycles. The molecule has 1 saturated heterocycles. The smallest absolute Gasteiger partial charge is 0.214 e. The first-order chi connectivity index (χ1) is 7.57. The minimum absolute atomic E-state index is 0.0185. The summed E-state index contributed by atoms with van der Waals surface area (Å²) in [6, 6.07) is -0.399. The Balaban J connectivity index is 2.01. The molecule has 0 bridgehead atoms. The number of fused-ring (bicyclic) bond motifs is 1. The van der Waals surface area contributed by atoms with E-state index in [9.17, 15) is 9.90 Å². The molecule has 16 heavy (non-hydrogen) atoms. The van der Waals surface area contributed by atoms with E-state index in [1.54, 1.807) is 6.26 Å². The molecule has 1 aliphatic carbocycles. The van der Waals surface area contributed by atoms with Crippen LogP contribution in [0.25, 0.3) is 0 Å². The first-order valence-electron chi connectivity index (χ1n) is 5.37. The van der Waals surface area contributed by atoms with Gasteiger partial charge in [0.1, 0.15) is 20.6 Å². The predicted octanol–water partition coefficient (Wildman–Crippen LogP) is 0.0696. The monoisotopic (exact) mass is 242 g/mol. The number of carbonyl (C=O) groups is 1. The second-order valence-corrected chi connectivity index (χ2v) is 5.20. The van der Waals surface area contributed by atoms with Crippen LogP contribution in [-0.4, -0.2) is 54.7 Å². The van der Waals surface area contributed by atoms with Crippen LogP contribution in [0.5, 0.6) is 0 Å². The first-order valence-corrected chi connectivity index (χ1v) is 6.60. The minimum Gasteiger partial charge on any atom is -0.390 e. The molecule has 2 fully saturated rings. The third-order valence-electron chi connectivity index (χ3n) is 3.30. The van der Waals surface area contributed by atoms with Gasteiger partial charge in [0, 0.05) is 6.00 Å². The fraction of sp³-hybridized carbons (Fsp3) is 0.900. The van der Waals surface area contributed by atoms with Gasteiger partial charge in [-0.2, -0.15) is 0 Å². The van der Waals surface area contributed by atoms with Gasteiger partial charge in [0.05, 0.1) is 11.7 Å². The van der Waals surface area contributed by atoms with E-state index in [0.717, 1.165) is 11.8 Å². The molecule has 2 radical (unpaired) electrons. The Bertz CT molecular complexity index is 288. The van der Waals surface area contributed by atoms with E-state index < -0.39 is 17.7 Å². The Kier molecular flexibility index (Phi) is 3.64. The summed E-state index contributed by atoms with van der Waals surface area (Å²) in [5.41, 5.74) is -0.551. The van der Waals surface area contributed by atoms with Crippen molar-refractivity contribution >= 4 is 24.7 Å². The Morgan fingerprint density at radius 3 is 3.19 bits per heavy atom. The number of ether oxygens (including phenoxy) is 2. The van der Waals surface area contributed by atoms with Crippen molar-refractivity contribution in [2.24, 2.45) is 0 Å². The maximum atomic E-state index is 11.2. The first kappa shape index (κ1) is 12.4. The van der Waals surface area contributed by atoms with E-state index in [2.05, 4.69) is 0 Å². The zero-order chi connectivity index (χ0) is 11.8. The fourth-order valence-electron chi connectivity index (χ4n) is 2.52. The number of hydrogen-bond donors (Lipinski definition) is 1. The molecular weight excluding hydrogens is 227 g/mol. The highest BCUT2D eigenvalue weighted by atomic mass is 32.2. The standard InChI is InChI=1S/C10H15BO4S/c1-16-8(13)5-14-10-3-2-6(12)9(10)15-7(11)4-10/h6-7,9,12H,2-5H2,1H3. The van der Waals surface area contributed by atoms with Crippen molar-refractivity contribution < 1.29 is 19.4 Å². The predicted molar refractivity (Wildman–Crippen MR) is 61.5 cm³/mol. The van der Waals surface area contributed by atoms with Crippen molar-refractivity contribution in [2.45, 2.75) is 43.1 Å². The summed E-state index contributed by atoms with van der Waals surface area (Å²) < 4.78 is 11.1. The molecule has 1 N–H and O–H groups in total. The van der Waals surface area contributed by atoms with Gasteiger partial charge in [0.15, 0.2) is 0 Å². The van der Waals surface area contributed by atoms with Crippen molar-refractivity contribution in [3.8, 4) is 0 Å². The molecule has 6 heteroatoms. The van der Waals surface area contributed by atoms with Crippen LogP contribution in [0.3, 0.4) is 0 Å². The lowest BCUT2D eigenvalue weighted by atomic mass is 9.88. The van der Waals surface area contributed by atoms with Crippen molar-refractivity contribution in [1.82, 2.24) is 0 Å². The molecule has 2 rings (SSSR count). The van der Waals surface area contributed by atoms with Crippen molar-refractivity contribution in [2.75, 3.05) is 12.9 Å². The number of rotatable bonds is 3. The normalized spacial score (nSPS) is 42.2. The Morgan fingerprint density at radius 1 is 1.75 bits per heavy atom. The van der Waals surface area contributed by atoms with Gasteiger partial charge >= 0.3 is 0 Å². The van der Waals surface area contributed by atoms with Crippen LogP contribution < -0.4 is 0 Å². The average molecular weight is 242 g/mol. The van der Waals surface area contributed by atoms with Crippen LogP contribution in [0.15, 0.2) is 0 Å². The second kappa shape index (κ2) is 4.68. The SMILES string of the molecule is [B]C1CC2(OCC(=O)SC)CCC(O)C2O1. The Labute approximate surface area is 100 Å². The molecule has 0 aromatic heterocycles. The number of carbonyl (C=O) groups excluding carboxylic acids is 1. The summed E-state index contributed by atoms with van der Waals surface area (Å²) >= 11 is 1.14. The summed E-state index contributed by atoms with van der Waals surface area (Å²) in [4.78, 5) is 11.2. The van der Waals surface area contributed by atoms with Gasteiger partial charge in [-0.1, -0.05) is 11.8 Å². The summed E-state index contributed by atoms with van der Waals surface area (Å²) in [6.07, 6.45) is 2.71. The molecule has 1 saturated carbocycles. The van der Waals surface area contributed by atoms with Crippen molar-refractivity contribution in [3.05, 3.63) is 0 Å². The quantitative estimate of drug-likeness (QED) is 0.710. The average Bonchev–Trinajstić information content (AvgIpc) is 2.73. The zero-order valence-electron chi connectivity index (χ0n) is 9.22. The fourth-order valence-corrected chi connectivity index (χ4v) is 2.70. The number of hydrogen-bond acceptors (Lipinski definition) is 5. The lowest BCUT2D eigenvalue weighted by Gasteiger charge is -2.28. The zero-order valence-corrected chi connectivity index (χ0v) is 10.0. The summed E-state index contributed by atoms with van der Waals surface area (Å²) in [5, 5.41) is 9.74. The highest BCUT2D eigenvalue weighted by Gasteiger charge is 2.55. The largest absolute Gasteiger partial charge is 0.390 e. The van der Waals surface area contributed by atoms with Crippen LogP contribution in [-0.2, 0) is 14.3 Å². The maximum Gasteiger partial charge on any atom is 0.214 e. The van der Waals surface area contributed by atoms with Gasteiger partial charge in [0.2, 0.25) is 5.12 Å². The second-order valence-electron chi connectivity index (χ2n) is 4.33. The number of thioether (sulfide) groups is 1. The highest BCUT2D eigenvalue weighted by molar-refractivity contribution is 8.13. The van der Waals surface area contributed by atoms with Gasteiger partial charge in [-0.3, -0.25) is 4.79 Å². The van der Waals surface area contributed by atoms with Crippen LogP contribution in [0.2, 0.25) is 0 Å². The Hall–Kier alpha value is -0.0351. The van der Waals surface area contributed by atoms with E-state index in [1.165, 1.54) is 0 Å². The summed E-state index contributed by atoms with van der Waals surface area (Å²) in [7, 11) is 5.71. The van der Waals surface area contributed by atoms with E-state index >= 15 is 0 Å². The van der Waals surface area contributed by atoms with Crippen molar-refractivity contribution in [1.29, 1.82) is 0 Å². The highest BCUT2D eigenvalue weighted by Crippen LogP contribution is 2.44. The van der Waals surface area contributed by atoms with Crippen LogP contribution in [0.4, 0.5) is 0 Å². The van der Waals surface area contributed by atoms with Gasteiger partial charge in [-0.15, -0.1) is 0 Å². The van der Waals surface area contributed by atoms with E-state index in [1.807, 2.05) is 0 Å². The molecule has 2 aliphatic rings. The van der Waals surface area contributed by atoms with Gasteiger partial charge in [0.25, 0.3) is 0 Å². The number of aliphatic hydroxyl groups excluding tert-OH is 1. The third-order valence-corrected chi connectivity index (χ3v) is 3.88. The molecule has 0 spiro atoms. The third kappa shape index (κ3) is 2.16. The molecule has 0 aromatic carbocycles.